The highest BCUT2D eigenvalue weighted by Crippen LogP contribution is 2.34. The van der Waals surface area contributed by atoms with Crippen molar-refractivity contribution < 1.29 is 13.5 Å². The molecule has 0 aliphatic carbocycles. The van der Waals surface area contributed by atoms with Crippen LogP contribution in [0.4, 0.5) is 14.5 Å². The molecule has 24 heavy (non-hydrogen) atoms. The minimum atomic E-state index is -2.31. The van der Waals surface area contributed by atoms with Crippen LogP contribution in [0.2, 0.25) is 5.02 Å². The molecule has 2 aromatic rings. The minimum absolute atomic E-state index is 0.125. The lowest BCUT2D eigenvalue weighted by molar-refractivity contribution is 0.139. The van der Waals surface area contributed by atoms with Crippen LogP contribution in [-0.4, -0.2) is 49.4 Å². The van der Waals surface area contributed by atoms with Crippen molar-refractivity contribution in [3.8, 4) is 5.75 Å². The Bertz CT molecular complexity index is 708. The number of hydrogen-bond donors (Lipinski definition) is 1. The van der Waals surface area contributed by atoms with Gasteiger partial charge in [-0.1, -0.05) is 11.6 Å². The fraction of sp³-hybridized carbons (Fsp3) is 0.500. The van der Waals surface area contributed by atoms with Crippen molar-refractivity contribution in [1.82, 2.24) is 15.5 Å². The predicted molar refractivity (Wildman–Crippen MR) is 90.3 cm³/mol. The van der Waals surface area contributed by atoms with Crippen molar-refractivity contribution in [2.75, 3.05) is 31.6 Å². The molecule has 1 aromatic heterocycles. The van der Waals surface area contributed by atoms with Gasteiger partial charge in [-0.3, -0.25) is 0 Å². The summed E-state index contributed by atoms with van der Waals surface area (Å²) in [6.45, 7) is 1.29. The summed E-state index contributed by atoms with van der Waals surface area (Å²) in [6, 6.07) is 3.73. The van der Waals surface area contributed by atoms with Gasteiger partial charge in [0.15, 0.2) is 0 Å². The van der Waals surface area contributed by atoms with Gasteiger partial charge in [0.25, 0.3) is 6.43 Å². The van der Waals surface area contributed by atoms with Crippen molar-refractivity contribution in [2.24, 2.45) is 0 Å². The van der Waals surface area contributed by atoms with E-state index in [-0.39, 0.29) is 12.6 Å². The van der Waals surface area contributed by atoms with E-state index >= 15 is 0 Å². The van der Waals surface area contributed by atoms with Crippen LogP contribution in [0, 0.1) is 0 Å². The third-order valence-corrected chi connectivity index (χ3v) is 4.58. The molecule has 5 nitrogen and oxygen atoms in total. The van der Waals surface area contributed by atoms with Gasteiger partial charge in [0.05, 0.1) is 36.1 Å². The standard InChI is InChI=1S/C16H19ClF2N4O/c1-24-15-7-13-11(6-12(15)17)14(8-21-22-13)23-4-2-10(3-5-23)20-9-16(18)19/h6-8,10,16,20H,2-5,9H2,1H3. The lowest BCUT2D eigenvalue weighted by atomic mass is 10.0. The van der Waals surface area contributed by atoms with Gasteiger partial charge in [0.2, 0.25) is 0 Å². The molecule has 1 N–H and O–H groups in total. The number of nitrogens with zero attached hydrogens (tertiary/aromatic N) is 3. The molecule has 0 atom stereocenters. The summed E-state index contributed by atoms with van der Waals surface area (Å²) < 4.78 is 29.8. The van der Waals surface area contributed by atoms with E-state index in [4.69, 9.17) is 16.3 Å². The SMILES string of the molecule is COc1cc2nncc(N3CCC(NCC(F)F)CC3)c2cc1Cl. The van der Waals surface area contributed by atoms with E-state index in [9.17, 15) is 8.78 Å². The normalized spacial score (nSPS) is 16.1. The van der Waals surface area contributed by atoms with Crippen LogP contribution in [-0.2, 0) is 0 Å². The number of fused-ring (bicyclic) bond motifs is 1. The lowest BCUT2D eigenvalue weighted by Gasteiger charge is -2.34. The van der Waals surface area contributed by atoms with E-state index in [1.165, 1.54) is 0 Å². The molecule has 3 rings (SSSR count). The molecule has 2 heterocycles. The van der Waals surface area contributed by atoms with Gasteiger partial charge in [-0.25, -0.2) is 8.78 Å². The Morgan fingerprint density at radius 2 is 2.12 bits per heavy atom. The Morgan fingerprint density at radius 3 is 2.79 bits per heavy atom. The smallest absolute Gasteiger partial charge is 0.250 e. The molecule has 0 amide bonds. The van der Waals surface area contributed by atoms with E-state index < -0.39 is 6.43 Å². The van der Waals surface area contributed by atoms with Gasteiger partial charge < -0.3 is 15.0 Å². The monoisotopic (exact) mass is 356 g/mol. The number of benzene rings is 1. The van der Waals surface area contributed by atoms with Crippen LogP contribution in [0.15, 0.2) is 18.3 Å². The molecule has 0 spiro atoms. The van der Waals surface area contributed by atoms with Crippen molar-refractivity contribution in [3.05, 3.63) is 23.4 Å². The second kappa shape index (κ2) is 7.44. The number of methoxy groups -OCH3 is 1. The van der Waals surface area contributed by atoms with Crippen LogP contribution >= 0.6 is 11.6 Å². The summed E-state index contributed by atoms with van der Waals surface area (Å²) in [7, 11) is 1.56. The Balaban J connectivity index is 1.77. The first-order chi connectivity index (χ1) is 11.6. The van der Waals surface area contributed by atoms with Gasteiger partial charge in [-0.15, -0.1) is 0 Å². The maximum atomic E-state index is 12.3. The van der Waals surface area contributed by atoms with Gasteiger partial charge in [-0.05, 0) is 18.9 Å². The summed E-state index contributed by atoms with van der Waals surface area (Å²) in [5, 5.41) is 12.6. The number of anilines is 1. The number of aromatic nitrogens is 2. The third-order valence-electron chi connectivity index (χ3n) is 4.29. The largest absolute Gasteiger partial charge is 0.495 e. The zero-order valence-corrected chi connectivity index (χ0v) is 14.1. The number of halogens is 3. The molecule has 0 bridgehead atoms. The fourth-order valence-electron chi connectivity index (χ4n) is 3.03. The van der Waals surface area contributed by atoms with Crippen molar-refractivity contribution in [2.45, 2.75) is 25.3 Å². The molecule has 1 saturated heterocycles. The zero-order valence-electron chi connectivity index (χ0n) is 13.3. The number of rotatable bonds is 5. The number of piperidine rings is 1. The van der Waals surface area contributed by atoms with E-state index in [2.05, 4.69) is 20.4 Å². The van der Waals surface area contributed by atoms with E-state index in [1.807, 2.05) is 6.07 Å². The molecule has 8 heteroatoms. The average molecular weight is 357 g/mol. The molecule has 0 saturated carbocycles. The van der Waals surface area contributed by atoms with Gasteiger partial charge in [-0.2, -0.15) is 10.2 Å². The molecule has 1 fully saturated rings. The summed E-state index contributed by atoms with van der Waals surface area (Å²) in [5.41, 5.74) is 1.67. The highest BCUT2D eigenvalue weighted by molar-refractivity contribution is 6.33. The van der Waals surface area contributed by atoms with Crippen molar-refractivity contribution in [1.29, 1.82) is 0 Å². The van der Waals surface area contributed by atoms with Crippen LogP contribution in [0.3, 0.4) is 0 Å². The van der Waals surface area contributed by atoms with Gasteiger partial charge >= 0.3 is 0 Å². The minimum Gasteiger partial charge on any atom is -0.495 e. The first-order valence-corrected chi connectivity index (χ1v) is 8.21. The number of nitrogens with one attached hydrogen (secondary N) is 1. The van der Waals surface area contributed by atoms with E-state index in [1.54, 1.807) is 19.4 Å². The van der Waals surface area contributed by atoms with E-state index in [0.717, 1.165) is 37.0 Å². The summed E-state index contributed by atoms with van der Waals surface area (Å²) >= 11 is 6.24. The molecule has 130 valence electrons. The Kier molecular flexibility index (Phi) is 5.30. The summed E-state index contributed by atoms with van der Waals surface area (Å²) in [6.07, 6.45) is 1.02. The molecule has 0 radical (unpaired) electrons. The highest BCUT2D eigenvalue weighted by Gasteiger charge is 2.22. The summed E-state index contributed by atoms with van der Waals surface area (Å²) in [4.78, 5) is 2.19. The Labute approximate surface area is 143 Å². The van der Waals surface area contributed by atoms with Crippen LogP contribution in [0.5, 0.6) is 5.75 Å². The average Bonchev–Trinajstić information content (AvgIpc) is 2.59. The Hall–Kier alpha value is -1.73. The molecule has 1 aliphatic rings. The highest BCUT2D eigenvalue weighted by atomic mass is 35.5. The first-order valence-electron chi connectivity index (χ1n) is 7.84. The second-order valence-electron chi connectivity index (χ2n) is 5.79. The fourth-order valence-corrected chi connectivity index (χ4v) is 3.28. The zero-order chi connectivity index (χ0) is 17.1. The van der Waals surface area contributed by atoms with E-state index in [0.29, 0.717) is 16.3 Å². The van der Waals surface area contributed by atoms with Crippen LogP contribution < -0.4 is 15.0 Å². The van der Waals surface area contributed by atoms with Crippen molar-refractivity contribution >= 4 is 28.2 Å². The second-order valence-corrected chi connectivity index (χ2v) is 6.20. The molecule has 0 unspecified atom stereocenters. The van der Waals surface area contributed by atoms with Gasteiger partial charge in [0, 0.05) is 30.6 Å². The van der Waals surface area contributed by atoms with Crippen molar-refractivity contribution in [3.63, 3.8) is 0 Å². The number of hydrogen-bond acceptors (Lipinski definition) is 5. The summed E-state index contributed by atoms with van der Waals surface area (Å²) in [5.74, 6) is 0.561. The number of ether oxygens (including phenoxy) is 1. The lowest BCUT2D eigenvalue weighted by Crippen LogP contribution is -2.44. The van der Waals surface area contributed by atoms with Crippen LogP contribution in [0.25, 0.3) is 10.9 Å². The molecular weight excluding hydrogens is 338 g/mol. The first kappa shape index (κ1) is 17.1. The number of alkyl halides is 2. The predicted octanol–water partition coefficient (Wildman–Crippen LogP) is 3.12. The molecular formula is C16H19ClF2N4O. The van der Waals surface area contributed by atoms with Crippen LogP contribution in [0.1, 0.15) is 12.8 Å². The molecule has 1 aromatic carbocycles. The molecule has 1 aliphatic heterocycles. The quantitative estimate of drug-likeness (QED) is 0.892. The van der Waals surface area contributed by atoms with Gasteiger partial charge in [0.1, 0.15) is 5.75 Å². The maximum absolute atomic E-state index is 12.3. The maximum Gasteiger partial charge on any atom is 0.250 e. The Morgan fingerprint density at radius 1 is 1.38 bits per heavy atom. The topological polar surface area (TPSA) is 50.3 Å². The third kappa shape index (κ3) is 3.67.